The van der Waals surface area contributed by atoms with Crippen molar-refractivity contribution in [2.75, 3.05) is 19.1 Å². The first-order valence-corrected chi connectivity index (χ1v) is 6.73. The molecule has 0 spiro atoms. The monoisotopic (exact) mass is 245 g/mol. The van der Waals surface area contributed by atoms with Gasteiger partial charge >= 0.3 is 0 Å². The molecule has 0 aliphatic carbocycles. The summed E-state index contributed by atoms with van der Waals surface area (Å²) in [5, 5.41) is 3.89. The highest BCUT2D eigenvalue weighted by Crippen LogP contribution is 2.20. The number of thioether (sulfide) groups is 1. The molecule has 16 heavy (non-hydrogen) atoms. The number of nitrogens with zero attached hydrogens (tertiary/aromatic N) is 2. The van der Waals surface area contributed by atoms with E-state index in [2.05, 4.69) is 10.1 Å². The second kappa shape index (κ2) is 6.88. The molecule has 0 radical (unpaired) electrons. The highest BCUT2D eigenvalue weighted by Gasteiger charge is 2.19. The average molecular weight is 245 g/mol. The molecule has 0 bridgehead atoms. The number of hydrogen-bond acceptors (Lipinski definition) is 6. The van der Waals surface area contributed by atoms with Crippen molar-refractivity contribution in [2.45, 2.75) is 31.9 Å². The zero-order valence-corrected chi connectivity index (χ0v) is 10.8. The molecule has 92 valence electrons. The summed E-state index contributed by atoms with van der Waals surface area (Å²) < 4.78 is 10.4. The van der Waals surface area contributed by atoms with Crippen LogP contribution in [0.2, 0.25) is 0 Å². The first-order valence-electron chi connectivity index (χ1n) is 5.33. The molecule has 0 aliphatic rings. The molecule has 0 saturated heterocycles. The molecule has 2 atom stereocenters. The first-order chi connectivity index (χ1) is 7.72. The van der Waals surface area contributed by atoms with Crippen molar-refractivity contribution >= 4 is 11.8 Å². The van der Waals surface area contributed by atoms with Crippen LogP contribution in [-0.2, 0) is 4.74 Å². The maximum atomic E-state index is 5.93. The van der Waals surface area contributed by atoms with Crippen LogP contribution in [0.1, 0.15) is 43.6 Å². The van der Waals surface area contributed by atoms with E-state index in [9.17, 15) is 0 Å². The zero-order valence-electron chi connectivity index (χ0n) is 9.97. The average Bonchev–Trinajstić information content (AvgIpc) is 2.77. The van der Waals surface area contributed by atoms with Crippen molar-refractivity contribution < 1.29 is 9.26 Å². The van der Waals surface area contributed by atoms with Gasteiger partial charge < -0.3 is 15.0 Å². The Labute approximate surface area is 100 Å². The molecule has 0 aliphatic heterocycles. The van der Waals surface area contributed by atoms with Gasteiger partial charge in [0.15, 0.2) is 0 Å². The van der Waals surface area contributed by atoms with Crippen molar-refractivity contribution in [3.8, 4) is 0 Å². The van der Waals surface area contributed by atoms with E-state index in [4.69, 9.17) is 15.0 Å². The van der Waals surface area contributed by atoms with Gasteiger partial charge in [0.2, 0.25) is 11.7 Å². The Balaban J connectivity index is 2.62. The van der Waals surface area contributed by atoms with E-state index in [1.54, 1.807) is 18.9 Å². The molecule has 6 heteroatoms. The number of methoxy groups -OCH3 is 1. The lowest BCUT2D eigenvalue weighted by atomic mass is 10.2. The highest BCUT2D eigenvalue weighted by molar-refractivity contribution is 7.98. The second-order valence-electron chi connectivity index (χ2n) is 3.51. The summed E-state index contributed by atoms with van der Waals surface area (Å²) in [4.78, 5) is 4.27. The van der Waals surface area contributed by atoms with E-state index in [0.29, 0.717) is 11.7 Å². The highest BCUT2D eigenvalue weighted by atomic mass is 32.2. The third-order valence-corrected chi connectivity index (χ3v) is 2.99. The molecule has 1 heterocycles. The van der Waals surface area contributed by atoms with E-state index in [0.717, 1.165) is 18.6 Å². The molecular formula is C10H19N3O2S. The topological polar surface area (TPSA) is 74.2 Å². The van der Waals surface area contributed by atoms with Gasteiger partial charge in [0.1, 0.15) is 6.10 Å². The summed E-state index contributed by atoms with van der Waals surface area (Å²) in [6.07, 6.45) is 3.59. The fourth-order valence-corrected chi connectivity index (χ4v) is 1.84. The Kier molecular flexibility index (Phi) is 5.79. The minimum absolute atomic E-state index is 0.106. The van der Waals surface area contributed by atoms with Crippen molar-refractivity contribution in [1.82, 2.24) is 10.1 Å². The Bertz CT molecular complexity index is 302. The molecule has 2 N–H and O–H groups in total. The van der Waals surface area contributed by atoms with Crippen LogP contribution >= 0.6 is 11.8 Å². The number of ether oxygens (including phenoxy) is 1. The van der Waals surface area contributed by atoms with Crippen LogP contribution in [0.4, 0.5) is 0 Å². The van der Waals surface area contributed by atoms with E-state index < -0.39 is 0 Å². The summed E-state index contributed by atoms with van der Waals surface area (Å²) in [7, 11) is 1.64. The Morgan fingerprint density at radius 2 is 2.31 bits per heavy atom. The summed E-state index contributed by atoms with van der Waals surface area (Å²) in [5.41, 5.74) is 5.93. The minimum atomic E-state index is -0.178. The van der Waals surface area contributed by atoms with Crippen LogP contribution in [0.3, 0.4) is 0 Å². The van der Waals surface area contributed by atoms with E-state index in [1.165, 1.54) is 0 Å². The molecule has 5 nitrogen and oxygen atoms in total. The fourth-order valence-electron chi connectivity index (χ4n) is 1.35. The lowest BCUT2D eigenvalue weighted by molar-refractivity contribution is 0.0903. The third kappa shape index (κ3) is 3.47. The van der Waals surface area contributed by atoms with Gasteiger partial charge in [0.25, 0.3) is 0 Å². The fraction of sp³-hybridized carbons (Fsp3) is 0.800. The smallest absolute Gasteiger partial charge is 0.243 e. The summed E-state index contributed by atoms with van der Waals surface area (Å²) in [6, 6.07) is -0.178. The van der Waals surface area contributed by atoms with Gasteiger partial charge in [-0.1, -0.05) is 12.1 Å². The van der Waals surface area contributed by atoms with Crippen molar-refractivity contribution in [1.29, 1.82) is 0 Å². The van der Waals surface area contributed by atoms with Gasteiger partial charge in [0.05, 0.1) is 6.04 Å². The maximum absolute atomic E-state index is 5.93. The number of nitrogens with two attached hydrogens (primary N) is 1. The van der Waals surface area contributed by atoms with Crippen molar-refractivity contribution in [2.24, 2.45) is 5.73 Å². The quantitative estimate of drug-likeness (QED) is 0.791. The third-order valence-electron chi connectivity index (χ3n) is 2.35. The Hall–Kier alpha value is -0.590. The molecular weight excluding hydrogens is 226 g/mol. The Morgan fingerprint density at radius 3 is 2.88 bits per heavy atom. The minimum Gasteiger partial charge on any atom is -0.373 e. The summed E-state index contributed by atoms with van der Waals surface area (Å²) in [5.74, 6) is 2.07. The van der Waals surface area contributed by atoms with Gasteiger partial charge in [-0.15, -0.1) is 0 Å². The molecule has 1 aromatic heterocycles. The van der Waals surface area contributed by atoms with Crippen LogP contribution in [0, 0.1) is 0 Å². The van der Waals surface area contributed by atoms with Crippen molar-refractivity contribution in [3.63, 3.8) is 0 Å². The van der Waals surface area contributed by atoms with Gasteiger partial charge in [-0.2, -0.15) is 16.7 Å². The van der Waals surface area contributed by atoms with Crippen LogP contribution in [0.15, 0.2) is 4.52 Å². The van der Waals surface area contributed by atoms with Gasteiger partial charge in [-0.05, 0) is 24.9 Å². The van der Waals surface area contributed by atoms with Gasteiger partial charge in [0, 0.05) is 7.11 Å². The molecule has 1 rings (SSSR count). The van der Waals surface area contributed by atoms with E-state index in [1.807, 2.05) is 13.2 Å². The normalized spacial score (nSPS) is 15.0. The largest absolute Gasteiger partial charge is 0.373 e. The predicted octanol–water partition coefficient (Wildman–Crippen LogP) is 1.92. The summed E-state index contributed by atoms with van der Waals surface area (Å²) >= 11 is 1.75. The molecule has 0 saturated carbocycles. The van der Waals surface area contributed by atoms with Crippen molar-refractivity contribution in [3.05, 3.63) is 11.7 Å². The molecule has 0 aromatic carbocycles. The lowest BCUT2D eigenvalue weighted by Gasteiger charge is -2.07. The second-order valence-corrected chi connectivity index (χ2v) is 4.50. The van der Waals surface area contributed by atoms with E-state index >= 15 is 0 Å². The standard InChI is InChI=1S/C10H19N3O2S/c1-4-8(14-2)9-12-10(15-13-9)7(11)5-6-16-3/h7-8H,4-6,11H2,1-3H3/t7-,8?/m0/s1. The Morgan fingerprint density at radius 1 is 1.56 bits per heavy atom. The first kappa shape index (κ1) is 13.5. The number of rotatable bonds is 7. The lowest BCUT2D eigenvalue weighted by Crippen LogP contribution is -2.12. The van der Waals surface area contributed by atoms with Gasteiger partial charge in [-0.25, -0.2) is 0 Å². The number of hydrogen-bond donors (Lipinski definition) is 1. The molecule has 0 amide bonds. The van der Waals surface area contributed by atoms with Gasteiger partial charge in [-0.3, -0.25) is 0 Å². The molecule has 1 aromatic rings. The van der Waals surface area contributed by atoms with Crippen LogP contribution < -0.4 is 5.73 Å². The predicted molar refractivity (Wildman–Crippen MR) is 64.3 cm³/mol. The van der Waals surface area contributed by atoms with Crippen LogP contribution in [-0.4, -0.2) is 29.3 Å². The van der Waals surface area contributed by atoms with E-state index in [-0.39, 0.29) is 12.1 Å². The zero-order chi connectivity index (χ0) is 12.0. The van der Waals surface area contributed by atoms with Crippen LogP contribution in [0.5, 0.6) is 0 Å². The number of aromatic nitrogens is 2. The summed E-state index contributed by atoms with van der Waals surface area (Å²) in [6.45, 7) is 2.01. The SMILES string of the molecule is CCC(OC)c1noc([C@@H](N)CCSC)n1. The molecule has 1 unspecified atom stereocenters. The maximum Gasteiger partial charge on any atom is 0.243 e. The molecule has 0 fully saturated rings. The van der Waals surface area contributed by atoms with Crippen LogP contribution in [0.25, 0.3) is 0 Å².